The molecule has 1 aliphatic rings. The monoisotopic (exact) mass is 422 g/mol. The van der Waals surface area contributed by atoms with Gasteiger partial charge in [-0.2, -0.15) is 0 Å². The van der Waals surface area contributed by atoms with Crippen molar-refractivity contribution in [1.82, 2.24) is 9.80 Å². The van der Waals surface area contributed by atoms with Crippen molar-refractivity contribution in [1.29, 1.82) is 0 Å². The van der Waals surface area contributed by atoms with Gasteiger partial charge < -0.3 is 19.6 Å². The van der Waals surface area contributed by atoms with E-state index in [1.807, 2.05) is 69.2 Å². The van der Waals surface area contributed by atoms with Crippen LogP contribution in [-0.2, 0) is 9.59 Å². The molecule has 0 saturated carbocycles. The van der Waals surface area contributed by atoms with Crippen molar-refractivity contribution in [3.63, 3.8) is 0 Å². The molecule has 2 aromatic rings. The molecule has 1 heterocycles. The fraction of sp³-hybridized carbons (Fsp3) is 0.360. The standard InChI is InChI=1S/C25H30N2O4/c1-5-31-20-13-11-18(12-14-20)22-21(23(28)19-9-7-17(2)8-10-19)24(29)25(30)27(22)16-6-15-26(3)4/h7-14,22,28H,5-6,15-16H2,1-4H3/t22-/m1/s1. The molecule has 1 fully saturated rings. The maximum absolute atomic E-state index is 13.0. The highest BCUT2D eigenvalue weighted by atomic mass is 16.5. The Balaban J connectivity index is 2.05. The van der Waals surface area contributed by atoms with E-state index in [9.17, 15) is 14.7 Å². The number of benzene rings is 2. The number of hydrogen-bond donors (Lipinski definition) is 1. The number of nitrogens with zero attached hydrogens (tertiary/aromatic N) is 2. The lowest BCUT2D eigenvalue weighted by Crippen LogP contribution is -2.32. The fourth-order valence-electron chi connectivity index (χ4n) is 3.79. The number of Topliss-reactive ketones (excluding diaryl/α,β-unsaturated/α-hetero) is 1. The predicted molar refractivity (Wildman–Crippen MR) is 121 cm³/mol. The van der Waals surface area contributed by atoms with E-state index in [0.29, 0.717) is 24.5 Å². The lowest BCUT2D eigenvalue weighted by molar-refractivity contribution is -0.139. The summed E-state index contributed by atoms with van der Waals surface area (Å²) in [7, 11) is 3.94. The second-order valence-corrected chi connectivity index (χ2v) is 8.02. The van der Waals surface area contributed by atoms with Gasteiger partial charge in [0.2, 0.25) is 0 Å². The van der Waals surface area contributed by atoms with Gasteiger partial charge in [-0.3, -0.25) is 9.59 Å². The maximum Gasteiger partial charge on any atom is 0.295 e. The molecular formula is C25H30N2O4. The Morgan fingerprint density at radius 2 is 1.71 bits per heavy atom. The van der Waals surface area contributed by atoms with Crippen molar-refractivity contribution < 1.29 is 19.4 Å². The molecule has 1 amide bonds. The Morgan fingerprint density at radius 3 is 2.29 bits per heavy atom. The van der Waals surface area contributed by atoms with E-state index in [-0.39, 0.29) is 11.3 Å². The van der Waals surface area contributed by atoms with Crippen LogP contribution in [0.1, 0.15) is 36.1 Å². The smallest absolute Gasteiger partial charge is 0.295 e. The number of ketones is 1. The minimum absolute atomic E-state index is 0.128. The number of carbonyl (C=O) groups is 2. The molecule has 1 atom stereocenters. The van der Waals surface area contributed by atoms with Gasteiger partial charge in [0, 0.05) is 12.1 Å². The molecule has 0 aliphatic carbocycles. The molecule has 1 saturated heterocycles. The topological polar surface area (TPSA) is 70.1 Å². The van der Waals surface area contributed by atoms with Crippen LogP contribution >= 0.6 is 0 Å². The van der Waals surface area contributed by atoms with Gasteiger partial charge in [-0.05, 0) is 58.6 Å². The molecule has 1 aliphatic heterocycles. The Morgan fingerprint density at radius 1 is 1.06 bits per heavy atom. The Kier molecular flexibility index (Phi) is 7.13. The first-order chi connectivity index (χ1) is 14.8. The lowest BCUT2D eigenvalue weighted by Gasteiger charge is -2.26. The number of aryl methyl sites for hydroxylation is 1. The lowest BCUT2D eigenvalue weighted by atomic mass is 9.95. The van der Waals surface area contributed by atoms with Gasteiger partial charge in [0.05, 0.1) is 18.2 Å². The van der Waals surface area contributed by atoms with Crippen LogP contribution in [0.5, 0.6) is 5.75 Å². The average Bonchev–Trinajstić information content (AvgIpc) is 2.99. The fourth-order valence-corrected chi connectivity index (χ4v) is 3.79. The number of carbonyl (C=O) groups excluding carboxylic acids is 2. The molecular weight excluding hydrogens is 392 g/mol. The molecule has 3 rings (SSSR count). The van der Waals surface area contributed by atoms with Gasteiger partial charge >= 0.3 is 0 Å². The summed E-state index contributed by atoms with van der Waals surface area (Å²) in [6.07, 6.45) is 0.720. The number of hydrogen-bond acceptors (Lipinski definition) is 5. The van der Waals surface area contributed by atoms with Crippen molar-refractivity contribution in [2.75, 3.05) is 33.8 Å². The normalized spacial score (nSPS) is 18.1. The van der Waals surface area contributed by atoms with Gasteiger partial charge in [0.1, 0.15) is 11.5 Å². The molecule has 6 nitrogen and oxygen atoms in total. The number of ether oxygens (including phenoxy) is 1. The SMILES string of the molecule is CCOc1ccc([C@@H]2C(=C(O)c3ccc(C)cc3)C(=O)C(=O)N2CCCN(C)C)cc1. The molecule has 164 valence electrons. The third-order valence-electron chi connectivity index (χ3n) is 5.38. The Hall–Kier alpha value is -3.12. The minimum atomic E-state index is -0.651. The number of amides is 1. The van der Waals surface area contributed by atoms with Crippen LogP contribution in [0.15, 0.2) is 54.1 Å². The second-order valence-electron chi connectivity index (χ2n) is 8.02. The van der Waals surface area contributed by atoms with Crippen LogP contribution in [0.25, 0.3) is 5.76 Å². The summed E-state index contributed by atoms with van der Waals surface area (Å²) in [4.78, 5) is 29.5. The highest BCUT2D eigenvalue weighted by Crippen LogP contribution is 2.39. The van der Waals surface area contributed by atoms with E-state index in [2.05, 4.69) is 0 Å². The summed E-state index contributed by atoms with van der Waals surface area (Å²) in [5.74, 6) is -0.658. The third-order valence-corrected chi connectivity index (χ3v) is 5.38. The van der Waals surface area contributed by atoms with Crippen molar-refractivity contribution in [2.45, 2.75) is 26.3 Å². The number of aliphatic hydroxyl groups is 1. The van der Waals surface area contributed by atoms with Crippen molar-refractivity contribution >= 4 is 17.4 Å². The van der Waals surface area contributed by atoms with Crippen LogP contribution in [0.2, 0.25) is 0 Å². The van der Waals surface area contributed by atoms with Gasteiger partial charge in [0.15, 0.2) is 0 Å². The average molecular weight is 423 g/mol. The first-order valence-electron chi connectivity index (χ1n) is 10.6. The zero-order valence-corrected chi connectivity index (χ0v) is 18.6. The number of rotatable bonds is 8. The maximum atomic E-state index is 13.0. The number of aliphatic hydroxyl groups excluding tert-OH is 1. The highest BCUT2D eigenvalue weighted by molar-refractivity contribution is 6.46. The van der Waals surface area contributed by atoms with Gasteiger partial charge in [0.25, 0.3) is 11.7 Å². The predicted octanol–water partition coefficient (Wildman–Crippen LogP) is 3.77. The molecule has 1 N–H and O–H groups in total. The molecule has 0 unspecified atom stereocenters. The zero-order chi connectivity index (χ0) is 22.5. The second kappa shape index (κ2) is 9.79. The van der Waals surface area contributed by atoms with E-state index >= 15 is 0 Å². The van der Waals surface area contributed by atoms with E-state index < -0.39 is 17.7 Å². The molecule has 0 spiro atoms. The first-order valence-corrected chi connectivity index (χ1v) is 10.6. The summed E-state index contributed by atoms with van der Waals surface area (Å²) < 4.78 is 5.52. The quantitative estimate of drug-likeness (QED) is 0.398. The van der Waals surface area contributed by atoms with Crippen molar-refractivity contribution in [2.24, 2.45) is 0 Å². The summed E-state index contributed by atoms with van der Waals surface area (Å²) in [5, 5.41) is 11.0. The van der Waals surface area contributed by atoms with Crippen LogP contribution in [-0.4, -0.2) is 60.4 Å². The van der Waals surface area contributed by atoms with Crippen LogP contribution < -0.4 is 4.74 Å². The summed E-state index contributed by atoms with van der Waals surface area (Å²) in [6.45, 7) is 5.63. The van der Waals surface area contributed by atoms with Crippen LogP contribution in [0.3, 0.4) is 0 Å². The van der Waals surface area contributed by atoms with E-state index in [1.165, 1.54) is 0 Å². The van der Waals surface area contributed by atoms with E-state index in [1.54, 1.807) is 17.0 Å². The first kappa shape index (κ1) is 22.6. The third kappa shape index (κ3) is 4.97. The summed E-state index contributed by atoms with van der Waals surface area (Å²) in [5.41, 5.74) is 2.46. The van der Waals surface area contributed by atoms with E-state index in [0.717, 1.165) is 24.1 Å². The molecule has 6 heteroatoms. The van der Waals surface area contributed by atoms with E-state index in [4.69, 9.17) is 4.74 Å². The van der Waals surface area contributed by atoms with Gasteiger partial charge in [-0.1, -0.05) is 42.0 Å². The molecule has 31 heavy (non-hydrogen) atoms. The Labute approximate surface area is 183 Å². The molecule has 0 aromatic heterocycles. The summed E-state index contributed by atoms with van der Waals surface area (Å²) in [6, 6.07) is 14.0. The molecule has 2 aromatic carbocycles. The Bertz CT molecular complexity index is 962. The van der Waals surface area contributed by atoms with Crippen LogP contribution in [0.4, 0.5) is 0 Å². The highest BCUT2D eigenvalue weighted by Gasteiger charge is 2.45. The van der Waals surface area contributed by atoms with Gasteiger partial charge in [-0.15, -0.1) is 0 Å². The summed E-state index contributed by atoms with van der Waals surface area (Å²) >= 11 is 0. The van der Waals surface area contributed by atoms with Gasteiger partial charge in [-0.25, -0.2) is 0 Å². The van der Waals surface area contributed by atoms with Crippen LogP contribution in [0, 0.1) is 6.92 Å². The molecule has 0 radical (unpaired) electrons. The number of likely N-dealkylation sites (tertiary alicyclic amines) is 1. The van der Waals surface area contributed by atoms with Crippen molar-refractivity contribution in [3.8, 4) is 5.75 Å². The molecule has 0 bridgehead atoms. The van der Waals surface area contributed by atoms with Crippen molar-refractivity contribution in [3.05, 3.63) is 70.8 Å². The largest absolute Gasteiger partial charge is 0.507 e. The minimum Gasteiger partial charge on any atom is -0.507 e. The zero-order valence-electron chi connectivity index (χ0n) is 18.6.